The summed E-state index contributed by atoms with van der Waals surface area (Å²) < 4.78 is 10.3. The van der Waals surface area contributed by atoms with E-state index in [1.54, 1.807) is 0 Å². The molecule has 0 fully saturated rings. The maximum Gasteiger partial charge on any atom is 0.407 e. The highest BCUT2D eigenvalue weighted by Crippen LogP contribution is 2.07. The Morgan fingerprint density at radius 3 is 2.05 bits per heavy atom. The van der Waals surface area contributed by atoms with Crippen LogP contribution in [0.15, 0.2) is 0 Å². The van der Waals surface area contributed by atoms with E-state index in [0.717, 1.165) is 25.7 Å². The van der Waals surface area contributed by atoms with Crippen LogP contribution in [0.5, 0.6) is 0 Å². The van der Waals surface area contributed by atoms with Gasteiger partial charge in [0.2, 0.25) is 0 Å². The van der Waals surface area contributed by atoms with Gasteiger partial charge in [0.25, 0.3) is 0 Å². The van der Waals surface area contributed by atoms with Crippen molar-refractivity contribution in [3.63, 3.8) is 0 Å². The Labute approximate surface area is 135 Å². The Hall–Kier alpha value is -1.26. The van der Waals surface area contributed by atoms with Crippen molar-refractivity contribution in [1.82, 2.24) is 5.32 Å². The second-order valence-corrected chi connectivity index (χ2v) is 5.94. The standard InChI is InChI=1S/C17H33NO4/c1-5-7-9-10-11-13-21-16(19)15(14(3)4)18-17(20)22-12-8-6-2/h14-15H,5-13H2,1-4H3,(H,18,20). The summed E-state index contributed by atoms with van der Waals surface area (Å²) in [6.07, 6.45) is 6.75. The molecule has 0 aromatic rings. The van der Waals surface area contributed by atoms with E-state index < -0.39 is 12.1 Å². The minimum atomic E-state index is -0.648. The molecule has 1 amide bonds. The molecule has 1 unspecified atom stereocenters. The molecule has 0 bridgehead atoms. The third-order valence-electron chi connectivity index (χ3n) is 3.42. The van der Waals surface area contributed by atoms with Gasteiger partial charge in [0, 0.05) is 0 Å². The fourth-order valence-corrected chi connectivity index (χ4v) is 1.94. The summed E-state index contributed by atoms with van der Waals surface area (Å²) in [6, 6.07) is -0.648. The summed E-state index contributed by atoms with van der Waals surface area (Å²) >= 11 is 0. The molecule has 0 aliphatic carbocycles. The molecule has 1 atom stereocenters. The molecule has 0 rings (SSSR count). The van der Waals surface area contributed by atoms with Crippen LogP contribution in [0, 0.1) is 5.92 Å². The number of amides is 1. The molecule has 0 radical (unpaired) electrons. The molecular formula is C17H33NO4. The van der Waals surface area contributed by atoms with Crippen LogP contribution in [0.2, 0.25) is 0 Å². The van der Waals surface area contributed by atoms with Crippen molar-refractivity contribution in [3.8, 4) is 0 Å². The van der Waals surface area contributed by atoms with Gasteiger partial charge in [0.05, 0.1) is 13.2 Å². The maximum absolute atomic E-state index is 12.0. The zero-order valence-corrected chi connectivity index (χ0v) is 14.7. The minimum Gasteiger partial charge on any atom is -0.464 e. The van der Waals surface area contributed by atoms with Crippen LogP contribution in [-0.4, -0.2) is 31.3 Å². The number of alkyl carbamates (subject to hydrolysis) is 1. The first-order valence-electron chi connectivity index (χ1n) is 8.62. The van der Waals surface area contributed by atoms with Crippen molar-refractivity contribution >= 4 is 12.1 Å². The molecule has 22 heavy (non-hydrogen) atoms. The van der Waals surface area contributed by atoms with E-state index in [9.17, 15) is 9.59 Å². The Kier molecular flexibility index (Phi) is 12.6. The lowest BCUT2D eigenvalue weighted by Crippen LogP contribution is -2.45. The molecule has 0 aromatic heterocycles. The third kappa shape index (κ3) is 10.5. The average molecular weight is 315 g/mol. The number of hydrogen-bond acceptors (Lipinski definition) is 4. The summed E-state index contributed by atoms with van der Waals surface area (Å²) in [4.78, 5) is 23.7. The van der Waals surface area contributed by atoms with Crippen molar-refractivity contribution in [1.29, 1.82) is 0 Å². The van der Waals surface area contributed by atoms with Crippen molar-refractivity contribution in [3.05, 3.63) is 0 Å². The largest absolute Gasteiger partial charge is 0.464 e. The van der Waals surface area contributed by atoms with Crippen LogP contribution < -0.4 is 5.32 Å². The summed E-state index contributed by atoms with van der Waals surface area (Å²) in [5, 5.41) is 2.60. The van der Waals surface area contributed by atoms with Gasteiger partial charge in [-0.3, -0.25) is 0 Å². The highest BCUT2D eigenvalue weighted by molar-refractivity contribution is 5.81. The highest BCUT2D eigenvalue weighted by atomic mass is 16.6. The van der Waals surface area contributed by atoms with Gasteiger partial charge in [-0.2, -0.15) is 0 Å². The van der Waals surface area contributed by atoms with Gasteiger partial charge in [0.15, 0.2) is 0 Å². The van der Waals surface area contributed by atoms with Gasteiger partial charge in [-0.25, -0.2) is 9.59 Å². The second-order valence-electron chi connectivity index (χ2n) is 5.94. The van der Waals surface area contributed by atoms with Gasteiger partial charge in [-0.1, -0.05) is 59.8 Å². The van der Waals surface area contributed by atoms with Crippen molar-refractivity contribution in [2.24, 2.45) is 5.92 Å². The number of rotatable bonds is 12. The molecule has 5 nitrogen and oxygen atoms in total. The predicted octanol–water partition coefficient (Wildman–Crippen LogP) is 4.05. The van der Waals surface area contributed by atoms with Gasteiger partial charge in [-0.05, 0) is 18.8 Å². The molecule has 0 heterocycles. The number of carbonyl (C=O) groups excluding carboxylic acids is 2. The lowest BCUT2D eigenvalue weighted by Gasteiger charge is -2.20. The molecule has 1 N–H and O–H groups in total. The van der Waals surface area contributed by atoms with E-state index in [-0.39, 0.29) is 11.9 Å². The SMILES string of the molecule is CCCCCCCOC(=O)C(NC(=O)OCCCC)C(C)C. The van der Waals surface area contributed by atoms with E-state index in [1.165, 1.54) is 19.3 Å². The smallest absolute Gasteiger partial charge is 0.407 e. The summed E-state index contributed by atoms with van der Waals surface area (Å²) in [5.74, 6) is -0.413. The molecule has 130 valence electrons. The predicted molar refractivity (Wildman–Crippen MR) is 87.7 cm³/mol. The number of hydrogen-bond donors (Lipinski definition) is 1. The molecular weight excluding hydrogens is 282 g/mol. The molecule has 0 aliphatic heterocycles. The molecule has 0 aromatic carbocycles. The van der Waals surface area contributed by atoms with E-state index in [2.05, 4.69) is 12.2 Å². The van der Waals surface area contributed by atoms with Crippen LogP contribution in [0.1, 0.15) is 72.6 Å². The van der Waals surface area contributed by atoms with Crippen LogP contribution in [0.4, 0.5) is 4.79 Å². The normalized spacial score (nSPS) is 12.0. The van der Waals surface area contributed by atoms with E-state index in [4.69, 9.17) is 9.47 Å². The minimum absolute atomic E-state index is 0.0358. The molecule has 5 heteroatoms. The van der Waals surface area contributed by atoms with E-state index in [0.29, 0.717) is 13.2 Å². The van der Waals surface area contributed by atoms with Crippen molar-refractivity contribution in [2.75, 3.05) is 13.2 Å². The summed E-state index contributed by atoms with van der Waals surface area (Å²) in [6.45, 7) is 8.73. The summed E-state index contributed by atoms with van der Waals surface area (Å²) in [5.41, 5.74) is 0. The van der Waals surface area contributed by atoms with E-state index in [1.807, 2.05) is 20.8 Å². The van der Waals surface area contributed by atoms with Crippen LogP contribution in [0.25, 0.3) is 0 Å². The number of esters is 1. The molecule has 0 spiro atoms. The number of carbonyl (C=O) groups is 2. The van der Waals surface area contributed by atoms with Crippen LogP contribution >= 0.6 is 0 Å². The van der Waals surface area contributed by atoms with Gasteiger partial charge < -0.3 is 14.8 Å². The molecule has 0 saturated carbocycles. The Morgan fingerprint density at radius 2 is 1.45 bits per heavy atom. The topological polar surface area (TPSA) is 64.6 Å². The van der Waals surface area contributed by atoms with Gasteiger partial charge in [-0.15, -0.1) is 0 Å². The lowest BCUT2D eigenvalue weighted by atomic mass is 10.1. The van der Waals surface area contributed by atoms with Gasteiger partial charge >= 0.3 is 12.1 Å². The zero-order chi connectivity index (χ0) is 16.8. The maximum atomic E-state index is 12.0. The molecule has 0 saturated heterocycles. The first kappa shape index (κ1) is 20.7. The number of unbranched alkanes of at least 4 members (excludes halogenated alkanes) is 5. The Bertz CT molecular complexity index is 305. The summed E-state index contributed by atoms with van der Waals surface area (Å²) in [7, 11) is 0. The van der Waals surface area contributed by atoms with Crippen LogP contribution in [-0.2, 0) is 14.3 Å². The van der Waals surface area contributed by atoms with E-state index >= 15 is 0 Å². The fourth-order valence-electron chi connectivity index (χ4n) is 1.94. The van der Waals surface area contributed by atoms with Crippen molar-refractivity contribution < 1.29 is 19.1 Å². The fraction of sp³-hybridized carbons (Fsp3) is 0.882. The first-order valence-corrected chi connectivity index (χ1v) is 8.62. The first-order chi connectivity index (χ1) is 10.5. The quantitative estimate of drug-likeness (QED) is 0.436. The third-order valence-corrected chi connectivity index (χ3v) is 3.42. The Balaban J connectivity index is 4.04. The number of nitrogens with one attached hydrogen (secondary N) is 1. The zero-order valence-electron chi connectivity index (χ0n) is 14.7. The Morgan fingerprint density at radius 1 is 0.864 bits per heavy atom. The van der Waals surface area contributed by atoms with Crippen molar-refractivity contribution in [2.45, 2.75) is 78.7 Å². The second kappa shape index (κ2) is 13.4. The van der Waals surface area contributed by atoms with Gasteiger partial charge in [0.1, 0.15) is 6.04 Å². The highest BCUT2D eigenvalue weighted by Gasteiger charge is 2.26. The average Bonchev–Trinajstić information content (AvgIpc) is 2.48. The lowest BCUT2D eigenvalue weighted by molar-refractivity contribution is -0.147. The van der Waals surface area contributed by atoms with Crippen LogP contribution in [0.3, 0.4) is 0 Å². The monoisotopic (exact) mass is 315 g/mol. The molecule has 0 aliphatic rings. The number of ether oxygens (including phenoxy) is 2.